The number of aliphatic imine (C=N–C) groups is 1. The number of likely N-dealkylation sites (tertiary alicyclic amines) is 1. The summed E-state index contributed by atoms with van der Waals surface area (Å²) < 4.78 is 6.31. The number of halogens is 2. The van der Waals surface area contributed by atoms with Crippen molar-refractivity contribution in [2.75, 3.05) is 19.7 Å². The Bertz CT molecular complexity index is 2050. The van der Waals surface area contributed by atoms with Crippen molar-refractivity contribution in [3.05, 3.63) is 129 Å². The number of amides is 3. The lowest BCUT2D eigenvalue weighted by Gasteiger charge is -2.47. The van der Waals surface area contributed by atoms with Gasteiger partial charge in [0, 0.05) is 66.0 Å². The van der Waals surface area contributed by atoms with Gasteiger partial charge in [-0.15, -0.1) is 0 Å². The summed E-state index contributed by atoms with van der Waals surface area (Å²) in [5.41, 5.74) is 3.51. The van der Waals surface area contributed by atoms with E-state index in [0.717, 1.165) is 29.7 Å². The first-order chi connectivity index (χ1) is 25.7. The molecule has 3 aliphatic heterocycles. The minimum Gasteiger partial charge on any atom is -0.493 e. The van der Waals surface area contributed by atoms with Crippen LogP contribution < -0.4 is 4.74 Å². The number of hydrogen-bond acceptors (Lipinski definition) is 5. The van der Waals surface area contributed by atoms with Crippen LogP contribution in [-0.4, -0.2) is 57.2 Å². The maximum atomic E-state index is 15.4. The number of aromatic nitrogens is 1. The monoisotopic (exact) mass is 765 g/mol. The first kappa shape index (κ1) is 37.9. The Morgan fingerprint density at radius 2 is 1.43 bits per heavy atom. The molecule has 10 heteroatoms. The lowest BCUT2D eigenvalue weighted by Crippen LogP contribution is -2.59. The van der Waals surface area contributed by atoms with Crippen molar-refractivity contribution >= 4 is 41.0 Å². The van der Waals surface area contributed by atoms with Crippen LogP contribution in [0.5, 0.6) is 5.75 Å². The van der Waals surface area contributed by atoms with Crippen LogP contribution in [0.4, 0.5) is 4.79 Å². The molecule has 1 fully saturated rings. The van der Waals surface area contributed by atoms with E-state index in [4.69, 9.17) is 37.9 Å². The second kappa shape index (κ2) is 14.7. The van der Waals surface area contributed by atoms with Crippen molar-refractivity contribution in [3.8, 4) is 5.75 Å². The molecule has 0 aliphatic carbocycles. The summed E-state index contributed by atoms with van der Waals surface area (Å²) >= 11 is 12.9. The van der Waals surface area contributed by atoms with E-state index < -0.39 is 11.1 Å². The van der Waals surface area contributed by atoms with Gasteiger partial charge in [0.2, 0.25) is 5.91 Å². The molecule has 0 spiro atoms. The molecule has 1 saturated heterocycles. The molecule has 0 unspecified atom stereocenters. The Balaban J connectivity index is 1.26. The molecule has 3 aromatic carbocycles. The third-order valence-electron chi connectivity index (χ3n) is 11.7. The van der Waals surface area contributed by atoms with Crippen LogP contribution >= 0.6 is 23.2 Å². The molecule has 4 heterocycles. The predicted molar refractivity (Wildman–Crippen MR) is 215 cm³/mol. The van der Waals surface area contributed by atoms with Crippen molar-refractivity contribution < 1.29 is 14.3 Å². The summed E-state index contributed by atoms with van der Waals surface area (Å²) in [6.45, 7) is 15.2. The van der Waals surface area contributed by atoms with E-state index in [1.807, 2.05) is 88.4 Å². The van der Waals surface area contributed by atoms with E-state index in [-0.39, 0.29) is 23.3 Å². The van der Waals surface area contributed by atoms with Crippen LogP contribution in [0, 0.1) is 5.92 Å². The van der Waals surface area contributed by atoms with Gasteiger partial charge in [0.15, 0.2) is 0 Å². The molecule has 8 nitrogen and oxygen atoms in total. The number of carbonyl (C=O) groups is 2. The van der Waals surface area contributed by atoms with Crippen LogP contribution in [0.3, 0.4) is 0 Å². The van der Waals surface area contributed by atoms with E-state index in [2.05, 4.69) is 46.8 Å². The molecule has 7 rings (SSSR count). The highest BCUT2D eigenvalue weighted by atomic mass is 35.5. The van der Waals surface area contributed by atoms with Crippen molar-refractivity contribution in [3.63, 3.8) is 0 Å². The van der Waals surface area contributed by atoms with Crippen LogP contribution in [0.25, 0.3) is 0 Å². The molecule has 4 aromatic rings. The van der Waals surface area contributed by atoms with E-state index in [9.17, 15) is 4.79 Å². The Morgan fingerprint density at radius 3 is 1.98 bits per heavy atom. The Kier molecular flexibility index (Phi) is 10.3. The van der Waals surface area contributed by atoms with Crippen LogP contribution in [0.1, 0.15) is 94.3 Å². The van der Waals surface area contributed by atoms with Gasteiger partial charge in [0.05, 0.1) is 12.2 Å². The van der Waals surface area contributed by atoms with Crippen molar-refractivity contribution in [1.29, 1.82) is 0 Å². The molecule has 0 saturated carbocycles. The lowest BCUT2D eigenvalue weighted by atomic mass is 9.71. The second-order valence-corrected chi connectivity index (χ2v) is 17.0. The normalized spacial score (nSPS) is 21.6. The van der Waals surface area contributed by atoms with Crippen molar-refractivity contribution in [2.45, 2.75) is 90.4 Å². The lowest BCUT2D eigenvalue weighted by molar-refractivity contribution is -0.133. The van der Waals surface area contributed by atoms with E-state index in [1.54, 1.807) is 6.20 Å². The highest BCUT2D eigenvalue weighted by molar-refractivity contribution is 6.30. The van der Waals surface area contributed by atoms with Gasteiger partial charge in [-0.05, 0) is 86.1 Å². The molecule has 54 heavy (non-hydrogen) atoms. The number of fused-ring (bicyclic) bond motifs is 1. The summed E-state index contributed by atoms with van der Waals surface area (Å²) in [4.78, 5) is 45.0. The molecule has 0 N–H and O–H groups in total. The Labute approximate surface area is 329 Å². The van der Waals surface area contributed by atoms with Gasteiger partial charge in [-0.25, -0.2) is 4.79 Å². The molecule has 1 aromatic heterocycles. The van der Waals surface area contributed by atoms with Gasteiger partial charge < -0.3 is 14.5 Å². The number of ether oxygens (including phenoxy) is 1. The zero-order valence-electron chi connectivity index (χ0n) is 32.0. The number of nitrogens with zero attached hydrogens (tertiary/aromatic N) is 5. The summed E-state index contributed by atoms with van der Waals surface area (Å²) in [5.74, 6) is 1.47. The largest absolute Gasteiger partial charge is 0.493 e. The number of amidine groups is 1. The van der Waals surface area contributed by atoms with E-state index in [1.165, 1.54) is 11.1 Å². The highest BCUT2D eigenvalue weighted by Gasteiger charge is 2.60. The third kappa shape index (κ3) is 6.88. The highest BCUT2D eigenvalue weighted by Crippen LogP contribution is 2.54. The number of rotatable bonds is 7. The predicted octanol–water partition coefficient (Wildman–Crippen LogP) is 9.74. The molecule has 282 valence electrons. The average Bonchev–Trinajstić information content (AvgIpc) is 3.69. The first-order valence-electron chi connectivity index (χ1n) is 18.9. The van der Waals surface area contributed by atoms with Gasteiger partial charge in [0.25, 0.3) is 0 Å². The zero-order chi connectivity index (χ0) is 38.4. The fourth-order valence-electron chi connectivity index (χ4n) is 8.21. The fourth-order valence-corrected chi connectivity index (χ4v) is 8.46. The number of benzene rings is 3. The summed E-state index contributed by atoms with van der Waals surface area (Å²) in [5, 5.41) is 1.21. The van der Waals surface area contributed by atoms with Crippen molar-refractivity contribution in [2.24, 2.45) is 10.9 Å². The van der Waals surface area contributed by atoms with E-state index >= 15 is 4.79 Å². The molecule has 2 atom stereocenters. The summed E-state index contributed by atoms with van der Waals surface area (Å²) in [7, 11) is 0. The first-order valence-corrected chi connectivity index (χ1v) is 19.7. The molecule has 3 aliphatic rings. The zero-order valence-corrected chi connectivity index (χ0v) is 33.5. The molecule has 3 amide bonds. The van der Waals surface area contributed by atoms with Crippen molar-refractivity contribution in [1.82, 2.24) is 19.7 Å². The van der Waals surface area contributed by atoms with Crippen LogP contribution in [0.15, 0.2) is 90.1 Å². The SMILES string of the molecule is CCOc1cc(C(C)(C)C)ncc1C1=N[C@@](C)(c2ccc(Cl)cc2)[C@@](C)(c2ccc(Cl)cc2)N1C(=O)N1CCC(CC(=O)N2Cc3ccccc3C2)CC1. The average molecular weight is 767 g/mol. The number of pyridine rings is 1. The Hall–Kier alpha value is -4.40. The van der Waals surface area contributed by atoms with Gasteiger partial charge >= 0.3 is 6.03 Å². The number of carbonyl (C=O) groups excluding carboxylic acids is 2. The van der Waals surface area contributed by atoms with Gasteiger partial charge in [-0.3, -0.25) is 19.7 Å². The van der Waals surface area contributed by atoms with Gasteiger partial charge in [-0.2, -0.15) is 0 Å². The third-order valence-corrected chi connectivity index (χ3v) is 12.2. The molecular weight excluding hydrogens is 717 g/mol. The minimum atomic E-state index is -1.03. The standard InChI is InChI=1S/C44H49Cl2N5O3/c1-7-54-37-25-38(42(2,3)4)47-26-36(37)40-48-43(5,32-12-16-34(45)17-13-32)44(6,33-14-18-35(46)19-15-33)51(40)41(53)49-22-20-29(21-23-49)24-39(52)50-27-30-10-8-9-11-31(30)28-50/h8-19,25-26,29H,7,20-24,27-28H2,1-6H3/t43-,44+/m0/s1. The van der Waals surface area contributed by atoms with Gasteiger partial charge in [0.1, 0.15) is 22.7 Å². The maximum Gasteiger partial charge on any atom is 0.326 e. The Morgan fingerprint density at radius 1 is 0.852 bits per heavy atom. The second-order valence-electron chi connectivity index (χ2n) is 16.1. The number of urea groups is 1. The van der Waals surface area contributed by atoms with E-state index in [0.29, 0.717) is 66.4 Å². The number of hydrogen-bond donors (Lipinski definition) is 0. The maximum absolute atomic E-state index is 15.4. The molecule has 0 bridgehead atoms. The fraction of sp³-hybridized carbons (Fsp3) is 0.409. The van der Waals surface area contributed by atoms with Crippen LogP contribution in [0.2, 0.25) is 10.0 Å². The van der Waals surface area contributed by atoms with Crippen LogP contribution in [-0.2, 0) is 34.4 Å². The minimum absolute atomic E-state index is 0.161. The van der Waals surface area contributed by atoms with Gasteiger partial charge in [-0.1, -0.05) is 92.5 Å². The number of piperidine rings is 1. The summed E-state index contributed by atoms with van der Waals surface area (Å²) in [6, 6.07) is 25.4. The summed E-state index contributed by atoms with van der Waals surface area (Å²) in [6.07, 6.45) is 3.75. The smallest absolute Gasteiger partial charge is 0.326 e. The quantitative estimate of drug-likeness (QED) is 0.188. The topological polar surface area (TPSA) is 78.3 Å². The molecule has 0 radical (unpaired) electrons. The molecular formula is C44H49Cl2N5O3.